The van der Waals surface area contributed by atoms with E-state index in [1.165, 1.54) is 12.1 Å². The highest BCUT2D eigenvalue weighted by molar-refractivity contribution is 6.30. The van der Waals surface area contributed by atoms with Gasteiger partial charge in [0.25, 0.3) is 11.5 Å². The molecule has 9 heteroatoms. The van der Waals surface area contributed by atoms with Gasteiger partial charge in [0.05, 0.1) is 12.2 Å². The van der Waals surface area contributed by atoms with Crippen LogP contribution in [0.1, 0.15) is 34.5 Å². The number of nitrogens with one attached hydrogen (secondary N) is 1. The summed E-state index contributed by atoms with van der Waals surface area (Å²) in [5.41, 5.74) is -0.921. The van der Waals surface area contributed by atoms with Crippen molar-refractivity contribution in [3.63, 3.8) is 0 Å². The van der Waals surface area contributed by atoms with Crippen LogP contribution in [0.15, 0.2) is 52.1 Å². The molecule has 0 saturated heterocycles. The predicted octanol–water partition coefficient (Wildman–Crippen LogP) is 2.44. The Balaban J connectivity index is 1.88. The quantitative estimate of drug-likeness (QED) is 0.676. The van der Waals surface area contributed by atoms with Crippen molar-refractivity contribution in [2.75, 3.05) is 0 Å². The first-order valence-electron chi connectivity index (χ1n) is 9.39. The number of benzene rings is 2. The monoisotopic (exact) mass is 428 g/mol. The Morgan fingerprint density at radius 1 is 1.23 bits per heavy atom. The van der Waals surface area contributed by atoms with Crippen LogP contribution in [-0.4, -0.2) is 26.3 Å². The Bertz CT molecular complexity index is 1260. The number of hydrogen-bond acceptors (Lipinski definition) is 4. The van der Waals surface area contributed by atoms with E-state index in [2.05, 4.69) is 10.4 Å². The molecule has 1 saturated carbocycles. The lowest BCUT2D eigenvalue weighted by Crippen LogP contribution is -2.46. The maximum Gasteiger partial charge on any atom is 0.352 e. The zero-order valence-electron chi connectivity index (χ0n) is 16.1. The summed E-state index contributed by atoms with van der Waals surface area (Å²) in [6.45, 7) is 1.47. The number of carbonyl (C=O) groups excluding carboxylic acids is 1. The lowest BCUT2D eigenvalue weighted by atomic mass is 10.2. The molecule has 0 atom stereocenters. The number of hydrogen-bond donors (Lipinski definition) is 1. The van der Waals surface area contributed by atoms with Crippen molar-refractivity contribution >= 4 is 17.5 Å². The van der Waals surface area contributed by atoms with Crippen LogP contribution in [0.5, 0.6) is 0 Å². The Morgan fingerprint density at radius 2 is 2.00 bits per heavy atom. The summed E-state index contributed by atoms with van der Waals surface area (Å²) in [7, 11) is 0. The average molecular weight is 429 g/mol. The second-order valence-corrected chi connectivity index (χ2v) is 7.68. The van der Waals surface area contributed by atoms with Crippen molar-refractivity contribution in [2.45, 2.75) is 32.4 Å². The van der Waals surface area contributed by atoms with Crippen molar-refractivity contribution in [3.8, 4) is 5.69 Å². The minimum Gasteiger partial charge on any atom is -0.348 e. The molecule has 0 unspecified atom stereocenters. The van der Waals surface area contributed by atoms with E-state index in [1.807, 2.05) is 0 Å². The highest BCUT2D eigenvalue weighted by Gasteiger charge is 2.27. The molecule has 0 bridgehead atoms. The third kappa shape index (κ3) is 4.04. The molecule has 0 aliphatic heterocycles. The molecule has 1 aromatic heterocycles. The lowest BCUT2D eigenvalue weighted by Gasteiger charge is -2.13. The van der Waals surface area contributed by atoms with Gasteiger partial charge in [0.2, 0.25) is 5.69 Å². The topological polar surface area (TPSA) is 86.0 Å². The van der Waals surface area contributed by atoms with Crippen LogP contribution >= 0.6 is 11.6 Å². The Kier molecular flexibility index (Phi) is 5.26. The SMILES string of the molecule is Cc1ccc(-n2nc(C(=O)NC3CC3)c(=O)n(Cc3cccc(Cl)c3)c2=O)cc1F. The summed E-state index contributed by atoms with van der Waals surface area (Å²) in [6, 6.07) is 10.8. The van der Waals surface area contributed by atoms with Crippen molar-refractivity contribution in [1.82, 2.24) is 19.7 Å². The Labute approximate surface area is 175 Å². The summed E-state index contributed by atoms with van der Waals surface area (Å²) >= 11 is 6.01. The molecular weight excluding hydrogens is 411 g/mol. The van der Waals surface area contributed by atoms with E-state index in [0.29, 0.717) is 16.1 Å². The summed E-state index contributed by atoms with van der Waals surface area (Å²) < 4.78 is 15.9. The normalized spacial score (nSPS) is 13.3. The predicted molar refractivity (Wildman–Crippen MR) is 110 cm³/mol. The standard InChI is InChI=1S/C21H18ClFN4O3/c1-12-5-8-16(10-17(12)23)27-21(30)26(11-13-3-2-4-14(22)9-13)20(29)18(25-27)19(28)24-15-6-7-15/h2-5,8-10,15H,6-7,11H2,1H3,(H,24,28). The molecule has 0 spiro atoms. The van der Waals surface area contributed by atoms with Crippen molar-refractivity contribution in [2.24, 2.45) is 0 Å². The summed E-state index contributed by atoms with van der Waals surface area (Å²) in [6.07, 6.45) is 1.65. The molecule has 3 aromatic rings. The molecular formula is C21H18ClFN4O3. The van der Waals surface area contributed by atoms with Gasteiger partial charge in [-0.05, 0) is 49.1 Å². The number of amides is 1. The van der Waals surface area contributed by atoms with E-state index in [0.717, 1.165) is 28.2 Å². The third-order valence-electron chi connectivity index (χ3n) is 4.82. The first-order chi connectivity index (χ1) is 14.3. The van der Waals surface area contributed by atoms with Gasteiger partial charge in [0.1, 0.15) is 5.82 Å². The van der Waals surface area contributed by atoms with Gasteiger partial charge in [-0.3, -0.25) is 14.2 Å². The van der Waals surface area contributed by atoms with E-state index in [-0.39, 0.29) is 18.3 Å². The third-order valence-corrected chi connectivity index (χ3v) is 5.05. The average Bonchev–Trinajstić information content (AvgIpc) is 3.51. The van der Waals surface area contributed by atoms with Gasteiger partial charge >= 0.3 is 5.69 Å². The zero-order chi connectivity index (χ0) is 21.4. The molecule has 1 aliphatic carbocycles. The van der Waals surface area contributed by atoms with Gasteiger partial charge in [0.15, 0.2) is 0 Å². The minimum absolute atomic E-state index is 0.00252. The maximum absolute atomic E-state index is 14.1. The number of carbonyl (C=O) groups is 1. The van der Waals surface area contributed by atoms with Gasteiger partial charge < -0.3 is 5.32 Å². The van der Waals surface area contributed by atoms with Crippen molar-refractivity contribution in [1.29, 1.82) is 0 Å². The molecule has 0 radical (unpaired) electrons. The highest BCUT2D eigenvalue weighted by atomic mass is 35.5. The van der Waals surface area contributed by atoms with Gasteiger partial charge in [-0.1, -0.05) is 29.8 Å². The van der Waals surface area contributed by atoms with E-state index >= 15 is 0 Å². The molecule has 1 N–H and O–H groups in total. The van der Waals surface area contributed by atoms with E-state index < -0.39 is 28.7 Å². The van der Waals surface area contributed by atoms with Crippen LogP contribution in [0.25, 0.3) is 5.69 Å². The smallest absolute Gasteiger partial charge is 0.348 e. The van der Waals surface area contributed by atoms with Gasteiger partial charge in [-0.25, -0.2) is 9.18 Å². The molecule has 4 rings (SSSR count). The fourth-order valence-electron chi connectivity index (χ4n) is 2.98. The second-order valence-electron chi connectivity index (χ2n) is 7.25. The first kappa shape index (κ1) is 20.0. The number of nitrogens with zero attached hydrogens (tertiary/aromatic N) is 3. The van der Waals surface area contributed by atoms with E-state index in [9.17, 15) is 18.8 Å². The van der Waals surface area contributed by atoms with Crippen LogP contribution in [0, 0.1) is 12.7 Å². The lowest BCUT2D eigenvalue weighted by molar-refractivity contribution is 0.0941. The van der Waals surface area contributed by atoms with E-state index in [1.54, 1.807) is 31.2 Å². The molecule has 2 aromatic carbocycles. The Hall–Kier alpha value is -3.26. The van der Waals surface area contributed by atoms with Crippen molar-refractivity contribution < 1.29 is 9.18 Å². The van der Waals surface area contributed by atoms with E-state index in [4.69, 9.17) is 11.6 Å². The van der Waals surface area contributed by atoms with Gasteiger partial charge in [0, 0.05) is 17.1 Å². The molecule has 154 valence electrons. The van der Waals surface area contributed by atoms with Crippen LogP contribution in [-0.2, 0) is 6.54 Å². The van der Waals surface area contributed by atoms with Crippen LogP contribution < -0.4 is 16.6 Å². The zero-order valence-corrected chi connectivity index (χ0v) is 16.8. The maximum atomic E-state index is 14.1. The number of aryl methyl sites for hydroxylation is 1. The summed E-state index contributed by atoms with van der Waals surface area (Å²) in [5, 5.41) is 7.13. The summed E-state index contributed by atoms with van der Waals surface area (Å²) in [5.74, 6) is -1.19. The fourth-order valence-corrected chi connectivity index (χ4v) is 3.19. The molecule has 30 heavy (non-hydrogen) atoms. The molecule has 1 aliphatic rings. The molecule has 1 amide bonds. The number of rotatable bonds is 5. The number of halogens is 2. The van der Waals surface area contributed by atoms with Gasteiger partial charge in [-0.2, -0.15) is 9.78 Å². The van der Waals surface area contributed by atoms with Crippen LogP contribution in [0.4, 0.5) is 4.39 Å². The van der Waals surface area contributed by atoms with Gasteiger partial charge in [-0.15, -0.1) is 0 Å². The second kappa shape index (κ2) is 7.87. The summed E-state index contributed by atoms with van der Waals surface area (Å²) in [4.78, 5) is 38.6. The fraction of sp³-hybridized carbons (Fsp3) is 0.238. The first-order valence-corrected chi connectivity index (χ1v) is 9.77. The number of aromatic nitrogens is 3. The Morgan fingerprint density at radius 3 is 2.67 bits per heavy atom. The highest BCUT2D eigenvalue weighted by Crippen LogP contribution is 2.19. The minimum atomic E-state index is -0.818. The molecule has 7 nitrogen and oxygen atoms in total. The van der Waals surface area contributed by atoms with Crippen molar-refractivity contribution in [3.05, 3.63) is 91.0 Å². The molecule has 1 fully saturated rings. The molecule has 1 heterocycles. The largest absolute Gasteiger partial charge is 0.352 e. The van der Waals surface area contributed by atoms with Crippen LogP contribution in [0.3, 0.4) is 0 Å². The van der Waals surface area contributed by atoms with Crippen LogP contribution in [0.2, 0.25) is 5.02 Å².